The fourth-order valence-electron chi connectivity index (χ4n) is 3.23. The first-order valence-corrected chi connectivity index (χ1v) is 8.85. The summed E-state index contributed by atoms with van der Waals surface area (Å²) in [5, 5.41) is 41.8. The van der Waals surface area contributed by atoms with Gasteiger partial charge in [-0.05, 0) is 11.1 Å². The van der Waals surface area contributed by atoms with Crippen LogP contribution in [-0.2, 0) is 17.9 Å². The van der Waals surface area contributed by atoms with E-state index in [0.717, 1.165) is 11.1 Å². The number of hydrogen-bond acceptors (Lipinski definition) is 9. The predicted molar refractivity (Wildman–Crippen MR) is 98.0 cm³/mol. The number of aliphatic hydroxyl groups excluding tert-OH is 4. The van der Waals surface area contributed by atoms with Crippen molar-refractivity contribution < 1.29 is 25.2 Å². The molecule has 0 spiro atoms. The zero-order valence-corrected chi connectivity index (χ0v) is 14.9. The Hall–Kier alpha value is -2.63. The molecule has 4 atom stereocenters. The lowest BCUT2D eigenvalue weighted by Crippen LogP contribution is -2.33. The van der Waals surface area contributed by atoms with Crippen LogP contribution in [0.25, 0.3) is 11.2 Å². The maximum Gasteiger partial charge on any atom is 0.167 e. The van der Waals surface area contributed by atoms with Gasteiger partial charge >= 0.3 is 0 Å². The molecule has 0 bridgehead atoms. The summed E-state index contributed by atoms with van der Waals surface area (Å²) in [6, 6.07) is 7.52. The van der Waals surface area contributed by atoms with Gasteiger partial charge in [-0.15, -0.1) is 0 Å². The summed E-state index contributed by atoms with van der Waals surface area (Å²) in [7, 11) is 0. The zero-order valence-electron chi connectivity index (χ0n) is 14.9. The molecule has 0 saturated carbocycles. The summed E-state index contributed by atoms with van der Waals surface area (Å²) in [5.74, 6) is 0.515. The molecule has 3 heterocycles. The summed E-state index contributed by atoms with van der Waals surface area (Å²) >= 11 is 0. The van der Waals surface area contributed by atoms with Crippen molar-refractivity contribution in [1.82, 2.24) is 19.5 Å². The summed E-state index contributed by atoms with van der Waals surface area (Å²) < 4.78 is 7.07. The first-order chi connectivity index (χ1) is 13.6. The molecule has 1 saturated heterocycles. The van der Waals surface area contributed by atoms with Crippen LogP contribution in [0.2, 0.25) is 0 Å². The molecule has 2 aromatic heterocycles. The van der Waals surface area contributed by atoms with Crippen LogP contribution in [0.15, 0.2) is 36.9 Å². The van der Waals surface area contributed by atoms with Crippen molar-refractivity contribution in [2.45, 2.75) is 37.7 Å². The van der Waals surface area contributed by atoms with Crippen LogP contribution in [0.5, 0.6) is 0 Å². The molecule has 3 aromatic rings. The van der Waals surface area contributed by atoms with Crippen molar-refractivity contribution in [2.24, 2.45) is 0 Å². The Kier molecular flexibility index (Phi) is 5.20. The highest BCUT2D eigenvalue weighted by atomic mass is 16.6. The smallest absolute Gasteiger partial charge is 0.167 e. The fourth-order valence-corrected chi connectivity index (χ4v) is 3.23. The lowest BCUT2D eigenvalue weighted by molar-refractivity contribution is -0.0511. The van der Waals surface area contributed by atoms with E-state index in [-0.39, 0.29) is 6.61 Å². The Morgan fingerprint density at radius 2 is 1.75 bits per heavy atom. The molecule has 4 rings (SSSR count). The topological polar surface area (TPSA) is 146 Å². The lowest BCUT2D eigenvalue weighted by atomic mass is 10.1. The van der Waals surface area contributed by atoms with E-state index < -0.39 is 31.1 Å². The molecule has 28 heavy (non-hydrogen) atoms. The quantitative estimate of drug-likeness (QED) is 0.379. The van der Waals surface area contributed by atoms with Crippen molar-refractivity contribution >= 4 is 17.0 Å². The summed E-state index contributed by atoms with van der Waals surface area (Å²) in [6.07, 6.45) is -1.37. The predicted octanol–water partition coefficient (Wildman–Crippen LogP) is -0.458. The van der Waals surface area contributed by atoms with Gasteiger partial charge in [-0.25, -0.2) is 15.0 Å². The largest absolute Gasteiger partial charge is 0.394 e. The summed E-state index contributed by atoms with van der Waals surface area (Å²) in [5.41, 5.74) is 2.77. The third-order valence-corrected chi connectivity index (χ3v) is 4.82. The number of imidazole rings is 1. The first-order valence-electron chi connectivity index (χ1n) is 8.85. The summed E-state index contributed by atoms with van der Waals surface area (Å²) in [6.45, 7) is 0.0926. The molecule has 0 radical (unpaired) electrons. The maximum atomic E-state index is 10.2. The molecule has 10 nitrogen and oxygen atoms in total. The third kappa shape index (κ3) is 3.32. The van der Waals surface area contributed by atoms with Crippen LogP contribution in [0.3, 0.4) is 0 Å². The van der Waals surface area contributed by atoms with E-state index in [4.69, 9.17) is 9.84 Å². The second-order valence-corrected chi connectivity index (χ2v) is 6.60. The number of aromatic nitrogens is 4. The number of fused-ring (bicyclic) bond motifs is 1. The van der Waals surface area contributed by atoms with Crippen LogP contribution in [0.1, 0.15) is 17.4 Å². The Morgan fingerprint density at radius 3 is 2.43 bits per heavy atom. The standard InChI is InChI=1S/C18H21N5O5/c24-6-11-3-1-10(2-4-11)5-19-16-13-17(21-8-20-16)23(9-22-13)18-15(27)14(26)12(7-25)28-18/h1-4,8-9,12,14-15,18,24-27H,5-7H2,(H,19,20,21). The van der Waals surface area contributed by atoms with E-state index >= 15 is 0 Å². The summed E-state index contributed by atoms with van der Waals surface area (Å²) in [4.78, 5) is 12.8. The van der Waals surface area contributed by atoms with Crippen molar-refractivity contribution in [3.8, 4) is 0 Å². The minimum atomic E-state index is -1.22. The molecule has 1 aliphatic heterocycles. The number of rotatable bonds is 6. The zero-order chi connectivity index (χ0) is 19.7. The molecule has 10 heteroatoms. The normalized spacial score (nSPS) is 24.7. The second kappa shape index (κ2) is 7.78. The average molecular weight is 387 g/mol. The minimum absolute atomic E-state index is 0.00139. The molecular formula is C18H21N5O5. The molecule has 0 aliphatic carbocycles. The number of nitrogens with zero attached hydrogens (tertiary/aromatic N) is 4. The number of ether oxygens (including phenoxy) is 1. The molecule has 1 fully saturated rings. The van der Waals surface area contributed by atoms with Gasteiger partial charge in [0.1, 0.15) is 24.6 Å². The highest BCUT2D eigenvalue weighted by molar-refractivity contribution is 5.82. The number of hydrogen-bond donors (Lipinski definition) is 5. The van der Waals surface area contributed by atoms with Gasteiger partial charge in [-0.1, -0.05) is 24.3 Å². The van der Waals surface area contributed by atoms with Gasteiger partial charge < -0.3 is 30.5 Å². The van der Waals surface area contributed by atoms with E-state index in [9.17, 15) is 15.3 Å². The lowest BCUT2D eigenvalue weighted by Gasteiger charge is -2.16. The molecule has 0 amide bonds. The van der Waals surface area contributed by atoms with E-state index in [1.165, 1.54) is 17.2 Å². The molecule has 5 N–H and O–H groups in total. The molecule has 148 valence electrons. The van der Waals surface area contributed by atoms with Crippen molar-refractivity contribution in [3.63, 3.8) is 0 Å². The number of aliphatic hydroxyl groups is 4. The van der Waals surface area contributed by atoms with Gasteiger partial charge in [0.2, 0.25) is 0 Å². The monoisotopic (exact) mass is 387 g/mol. The van der Waals surface area contributed by atoms with Gasteiger partial charge in [0.25, 0.3) is 0 Å². The van der Waals surface area contributed by atoms with Crippen LogP contribution < -0.4 is 5.32 Å². The van der Waals surface area contributed by atoms with Gasteiger partial charge in [0, 0.05) is 6.54 Å². The molecule has 1 aromatic carbocycles. The Labute approximate surface area is 160 Å². The van der Waals surface area contributed by atoms with Crippen LogP contribution >= 0.6 is 0 Å². The SMILES string of the molecule is OCc1ccc(CNc2ncnc3c2ncn3C2OC(CO)C(O)C2O)cc1. The highest BCUT2D eigenvalue weighted by Gasteiger charge is 2.44. The van der Waals surface area contributed by atoms with Crippen LogP contribution in [0, 0.1) is 0 Å². The maximum absolute atomic E-state index is 10.2. The van der Waals surface area contributed by atoms with Gasteiger partial charge in [0.05, 0.1) is 19.5 Å². The Balaban J connectivity index is 1.56. The number of anilines is 1. The van der Waals surface area contributed by atoms with Crippen LogP contribution in [0.4, 0.5) is 5.82 Å². The van der Waals surface area contributed by atoms with E-state index in [0.29, 0.717) is 23.5 Å². The van der Waals surface area contributed by atoms with Gasteiger partial charge in [-0.3, -0.25) is 4.57 Å². The van der Waals surface area contributed by atoms with Crippen LogP contribution in [-0.4, -0.2) is 64.9 Å². The Morgan fingerprint density at radius 1 is 1.00 bits per heavy atom. The van der Waals surface area contributed by atoms with Gasteiger partial charge in [-0.2, -0.15) is 0 Å². The van der Waals surface area contributed by atoms with Gasteiger partial charge in [0.15, 0.2) is 23.2 Å². The molecule has 4 unspecified atom stereocenters. The number of nitrogens with one attached hydrogen (secondary N) is 1. The van der Waals surface area contributed by atoms with Crippen molar-refractivity contribution in [2.75, 3.05) is 11.9 Å². The minimum Gasteiger partial charge on any atom is -0.394 e. The first kappa shape index (κ1) is 18.7. The second-order valence-electron chi connectivity index (χ2n) is 6.60. The van der Waals surface area contributed by atoms with Crippen molar-refractivity contribution in [1.29, 1.82) is 0 Å². The highest BCUT2D eigenvalue weighted by Crippen LogP contribution is 2.32. The Bertz CT molecular complexity index is 947. The molecule has 1 aliphatic rings. The third-order valence-electron chi connectivity index (χ3n) is 4.82. The fraction of sp³-hybridized carbons (Fsp3) is 0.389. The van der Waals surface area contributed by atoms with E-state index in [2.05, 4.69) is 20.3 Å². The molecular weight excluding hydrogens is 366 g/mol. The number of benzene rings is 1. The average Bonchev–Trinajstić information content (AvgIpc) is 3.28. The van der Waals surface area contributed by atoms with Crippen molar-refractivity contribution in [3.05, 3.63) is 48.0 Å². The van der Waals surface area contributed by atoms with E-state index in [1.54, 1.807) is 0 Å². The van der Waals surface area contributed by atoms with E-state index in [1.807, 2.05) is 24.3 Å².